The number of nitrogens with one attached hydrogen (secondary N) is 1. The Bertz CT molecular complexity index is 398. The van der Waals surface area contributed by atoms with Gasteiger partial charge in [0.05, 0.1) is 19.3 Å². The first-order chi connectivity index (χ1) is 9.17. The van der Waals surface area contributed by atoms with Crippen LogP contribution in [0.15, 0.2) is 24.3 Å². The predicted molar refractivity (Wildman–Crippen MR) is 70.9 cm³/mol. The van der Waals surface area contributed by atoms with Crippen molar-refractivity contribution in [2.75, 3.05) is 26.9 Å². The molecule has 6 heteroatoms. The summed E-state index contributed by atoms with van der Waals surface area (Å²) in [6.45, 7) is 3.33. The summed E-state index contributed by atoms with van der Waals surface area (Å²) in [7, 11) is 1.63. The fourth-order valence-corrected chi connectivity index (χ4v) is 1.50. The van der Waals surface area contributed by atoms with Crippen LogP contribution < -0.4 is 16.0 Å². The van der Waals surface area contributed by atoms with Gasteiger partial charge in [-0.15, -0.1) is 0 Å². The van der Waals surface area contributed by atoms with E-state index in [1.165, 1.54) is 0 Å². The Morgan fingerprint density at radius 3 is 2.89 bits per heavy atom. The molecule has 1 amide bonds. The van der Waals surface area contributed by atoms with Gasteiger partial charge < -0.3 is 14.2 Å². The van der Waals surface area contributed by atoms with Crippen molar-refractivity contribution in [2.24, 2.45) is 5.84 Å². The highest BCUT2D eigenvalue weighted by atomic mass is 16.5. The number of amides is 1. The lowest BCUT2D eigenvalue weighted by molar-refractivity contribution is -0.00214. The van der Waals surface area contributed by atoms with Crippen LogP contribution in [0.25, 0.3) is 0 Å². The Morgan fingerprint density at radius 2 is 2.21 bits per heavy atom. The molecule has 0 saturated heterocycles. The second kappa shape index (κ2) is 8.47. The van der Waals surface area contributed by atoms with Crippen LogP contribution in [0.2, 0.25) is 0 Å². The largest absolute Gasteiger partial charge is 0.491 e. The SMILES string of the molecule is COCC(C)OCCOc1cccc(C(=O)NN)c1. The first kappa shape index (κ1) is 15.4. The molecule has 1 rings (SSSR count). The number of hydrogen-bond donors (Lipinski definition) is 2. The van der Waals surface area contributed by atoms with E-state index in [0.29, 0.717) is 31.1 Å². The number of nitrogen functional groups attached to an aromatic ring is 1. The molecular formula is C13H20N2O4. The van der Waals surface area contributed by atoms with Crippen molar-refractivity contribution in [3.63, 3.8) is 0 Å². The molecule has 1 atom stereocenters. The second-order valence-electron chi connectivity index (χ2n) is 3.99. The van der Waals surface area contributed by atoms with Crippen molar-refractivity contribution >= 4 is 5.91 Å². The van der Waals surface area contributed by atoms with Gasteiger partial charge in [-0.05, 0) is 25.1 Å². The first-order valence-electron chi connectivity index (χ1n) is 6.01. The Balaban J connectivity index is 2.35. The summed E-state index contributed by atoms with van der Waals surface area (Å²) in [4.78, 5) is 11.3. The van der Waals surface area contributed by atoms with Crippen molar-refractivity contribution in [3.8, 4) is 5.75 Å². The fourth-order valence-electron chi connectivity index (χ4n) is 1.50. The topological polar surface area (TPSA) is 82.8 Å². The van der Waals surface area contributed by atoms with Crippen LogP contribution >= 0.6 is 0 Å². The molecule has 0 aliphatic heterocycles. The van der Waals surface area contributed by atoms with Gasteiger partial charge in [0.1, 0.15) is 12.4 Å². The van der Waals surface area contributed by atoms with E-state index in [1.807, 2.05) is 6.92 Å². The normalized spacial score (nSPS) is 11.9. The zero-order valence-electron chi connectivity index (χ0n) is 11.2. The van der Waals surface area contributed by atoms with Gasteiger partial charge in [0.2, 0.25) is 0 Å². The van der Waals surface area contributed by atoms with Gasteiger partial charge >= 0.3 is 0 Å². The van der Waals surface area contributed by atoms with E-state index < -0.39 is 0 Å². The average molecular weight is 268 g/mol. The minimum atomic E-state index is -0.351. The van der Waals surface area contributed by atoms with Crippen molar-refractivity contribution in [3.05, 3.63) is 29.8 Å². The Kier molecular flexibility index (Phi) is 6.88. The van der Waals surface area contributed by atoms with E-state index in [1.54, 1.807) is 31.4 Å². The molecule has 1 aromatic rings. The maximum absolute atomic E-state index is 11.3. The number of methoxy groups -OCH3 is 1. The standard InChI is InChI=1S/C13H20N2O4/c1-10(9-17-2)18-6-7-19-12-5-3-4-11(8-12)13(16)15-14/h3-5,8,10H,6-7,9,14H2,1-2H3,(H,15,16). The van der Waals surface area contributed by atoms with Crippen LogP contribution in [0.5, 0.6) is 5.75 Å². The number of ether oxygens (including phenoxy) is 3. The number of nitrogens with two attached hydrogens (primary N) is 1. The van der Waals surface area contributed by atoms with E-state index in [9.17, 15) is 4.79 Å². The smallest absolute Gasteiger partial charge is 0.265 e. The van der Waals surface area contributed by atoms with Crippen LogP contribution in [0, 0.1) is 0 Å². The Hall–Kier alpha value is -1.63. The van der Waals surface area contributed by atoms with Crippen LogP contribution in [0.3, 0.4) is 0 Å². The molecular weight excluding hydrogens is 248 g/mol. The summed E-state index contributed by atoms with van der Waals surface area (Å²) in [5, 5.41) is 0. The summed E-state index contributed by atoms with van der Waals surface area (Å²) in [6.07, 6.45) is 0.0305. The molecule has 3 N–H and O–H groups in total. The highest BCUT2D eigenvalue weighted by molar-refractivity contribution is 5.94. The number of hydrazine groups is 1. The van der Waals surface area contributed by atoms with Crippen molar-refractivity contribution in [1.29, 1.82) is 0 Å². The molecule has 0 saturated carbocycles. The fraction of sp³-hybridized carbons (Fsp3) is 0.462. The van der Waals surface area contributed by atoms with Gasteiger partial charge in [0.15, 0.2) is 0 Å². The van der Waals surface area contributed by atoms with Crippen LogP contribution in [0.1, 0.15) is 17.3 Å². The zero-order valence-corrected chi connectivity index (χ0v) is 11.2. The number of rotatable bonds is 8. The van der Waals surface area contributed by atoms with E-state index in [0.717, 1.165) is 0 Å². The number of carbonyl (C=O) groups excluding carboxylic acids is 1. The lowest BCUT2D eigenvalue weighted by Crippen LogP contribution is -2.29. The van der Waals surface area contributed by atoms with Crippen molar-refractivity contribution < 1.29 is 19.0 Å². The van der Waals surface area contributed by atoms with Gasteiger partial charge in [0, 0.05) is 12.7 Å². The third-order valence-corrected chi connectivity index (χ3v) is 2.38. The highest BCUT2D eigenvalue weighted by Gasteiger charge is 2.05. The summed E-state index contributed by atoms with van der Waals surface area (Å²) in [5.74, 6) is 5.31. The molecule has 1 unspecified atom stereocenters. The quantitative estimate of drug-likeness (QED) is 0.314. The van der Waals surface area contributed by atoms with Gasteiger partial charge in [-0.25, -0.2) is 5.84 Å². The molecule has 0 radical (unpaired) electrons. The molecule has 0 aromatic heterocycles. The molecule has 0 aliphatic carbocycles. The number of hydrogen-bond acceptors (Lipinski definition) is 5. The van der Waals surface area contributed by atoms with Crippen LogP contribution in [-0.4, -0.2) is 38.9 Å². The van der Waals surface area contributed by atoms with E-state index in [2.05, 4.69) is 5.43 Å². The summed E-state index contributed by atoms with van der Waals surface area (Å²) in [5.41, 5.74) is 2.52. The third-order valence-electron chi connectivity index (χ3n) is 2.38. The van der Waals surface area contributed by atoms with Crippen molar-refractivity contribution in [1.82, 2.24) is 5.43 Å². The lowest BCUT2D eigenvalue weighted by Gasteiger charge is -2.12. The minimum absolute atomic E-state index is 0.0305. The molecule has 19 heavy (non-hydrogen) atoms. The predicted octanol–water partition coefficient (Wildman–Crippen LogP) is 0.720. The Labute approximate surface area is 112 Å². The molecule has 1 aromatic carbocycles. The van der Waals surface area contributed by atoms with Gasteiger partial charge in [-0.2, -0.15) is 0 Å². The van der Waals surface area contributed by atoms with Gasteiger partial charge in [0.25, 0.3) is 5.91 Å². The lowest BCUT2D eigenvalue weighted by atomic mass is 10.2. The number of carbonyl (C=O) groups is 1. The second-order valence-corrected chi connectivity index (χ2v) is 3.99. The zero-order chi connectivity index (χ0) is 14.1. The van der Waals surface area contributed by atoms with E-state index in [4.69, 9.17) is 20.1 Å². The Morgan fingerprint density at radius 1 is 1.42 bits per heavy atom. The molecule has 0 fully saturated rings. The summed E-state index contributed by atoms with van der Waals surface area (Å²) >= 11 is 0. The van der Waals surface area contributed by atoms with Crippen molar-refractivity contribution in [2.45, 2.75) is 13.0 Å². The monoisotopic (exact) mass is 268 g/mol. The first-order valence-corrected chi connectivity index (χ1v) is 6.01. The van der Waals surface area contributed by atoms with E-state index in [-0.39, 0.29) is 12.0 Å². The van der Waals surface area contributed by atoms with Gasteiger partial charge in [-0.1, -0.05) is 6.07 Å². The third kappa shape index (κ3) is 5.69. The minimum Gasteiger partial charge on any atom is -0.491 e. The van der Waals surface area contributed by atoms with E-state index >= 15 is 0 Å². The molecule has 6 nitrogen and oxygen atoms in total. The average Bonchev–Trinajstić information content (AvgIpc) is 2.43. The molecule has 0 aliphatic rings. The van der Waals surface area contributed by atoms with Crippen LogP contribution in [0.4, 0.5) is 0 Å². The maximum Gasteiger partial charge on any atom is 0.265 e. The molecule has 0 spiro atoms. The highest BCUT2D eigenvalue weighted by Crippen LogP contribution is 2.13. The molecule has 0 heterocycles. The maximum atomic E-state index is 11.3. The summed E-state index contributed by atoms with van der Waals surface area (Å²) < 4.78 is 15.9. The van der Waals surface area contributed by atoms with Crippen LogP contribution in [-0.2, 0) is 9.47 Å². The van der Waals surface area contributed by atoms with Gasteiger partial charge in [-0.3, -0.25) is 10.2 Å². The number of benzene rings is 1. The molecule has 106 valence electrons. The summed E-state index contributed by atoms with van der Waals surface area (Å²) in [6, 6.07) is 6.78. The molecule has 0 bridgehead atoms.